The summed E-state index contributed by atoms with van der Waals surface area (Å²) in [6, 6.07) is 15.5. The van der Waals surface area contributed by atoms with Gasteiger partial charge in [0.15, 0.2) is 0 Å². The number of nitrogens with one attached hydrogen (secondary N) is 1. The fourth-order valence-corrected chi connectivity index (χ4v) is 4.57. The molecule has 2 unspecified atom stereocenters. The molecule has 0 aliphatic heterocycles. The van der Waals surface area contributed by atoms with Gasteiger partial charge in [-0.15, -0.1) is 0 Å². The highest BCUT2D eigenvalue weighted by Gasteiger charge is 2.25. The molecule has 2 amide bonds. The van der Waals surface area contributed by atoms with Crippen LogP contribution < -0.4 is 5.32 Å². The van der Waals surface area contributed by atoms with Crippen molar-refractivity contribution in [1.29, 1.82) is 0 Å². The van der Waals surface area contributed by atoms with Crippen molar-refractivity contribution in [2.24, 2.45) is 11.8 Å². The van der Waals surface area contributed by atoms with Crippen molar-refractivity contribution in [2.75, 3.05) is 32.7 Å². The van der Waals surface area contributed by atoms with E-state index < -0.39 is 6.10 Å². The molecule has 204 valence electrons. The highest BCUT2D eigenvalue weighted by molar-refractivity contribution is 5.99. The van der Waals surface area contributed by atoms with E-state index in [-0.39, 0.29) is 24.4 Å². The molecule has 37 heavy (non-hydrogen) atoms. The van der Waals surface area contributed by atoms with Crippen LogP contribution in [-0.4, -0.2) is 65.5 Å². The normalized spacial score (nSPS) is 13.0. The average molecular weight is 510 g/mol. The zero-order chi connectivity index (χ0) is 27.5. The van der Waals surface area contributed by atoms with E-state index in [1.165, 1.54) is 5.56 Å². The fraction of sp³-hybridized carbons (Fsp3) is 0.548. The summed E-state index contributed by atoms with van der Waals surface area (Å²) in [5.74, 6) is 0.478. The van der Waals surface area contributed by atoms with Crippen molar-refractivity contribution < 1.29 is 14.7 Å². The summed E-state index contributed by atoms with van der Waals surface area (Å²) in [6.45, 7) is 17.1. The van der Waals surface area contributed by atoms with Crippen LogP contribution >= 0.6 is 0 Å². The van der Waals surface area contributed by atoms with E-state index in [0.29, 0.717) is 54.7 Å². The Morgan fingerprint density at radius 1 is 0.838 bits per heavy atom. The summed E-state index contributed by atoms with van der Waals surface area (Å²) < 4.78 is 0. The highest BCUT2D eigenvalue weighted by atomic mass is 16.3. The van der Waals surface area contributed by atoms with Gasteiger partial charge in [0.25, 0.3) is 11.8 Å². The predicted octanol–water partition coefficient (Wildman–Crippen LogP) is 5.18. The number of aliphatic hydroxyl groups is 1. The van der Waals surface area contributed by atoms with Crippen molar-refractivity contribution in [3.05, 3.63) is 70.8 Å². The third-order valence-corrected chi connectivity index (χ3v) is 6.44. The van der Waals surface area contributed by atoms with Crippen molar-refractivity contribution >= 4 is 11.8 Å². The van der Waals surface area contributed by atoms with E-state index in [1.807, 2.05) is 36.9 Å². The van der Waals surface area contributed by atoms with Crippen LogP contribution in [0, 0.1) is 11.8 Å². The number of benzene rings is 2. The molecule has 0 aliphatic rings. The van der Waals surface area contributed by atoms with Gasteiger partial charge in [0.1, 0.15) is 0 Å². The molecule has 0 fully saturated rings. The first-order valence-corrected chi connectivity index (χ1v) is 13.7. The lowest BCUT2D eigenvalue weighted by atomic mass is 9.96. The van der Waals surface area contributed by atoms with E-state index in [2.05, 4.69) is 52.1 Å². The second-order valence-corrected chi connectivity index (χ2v) is 10.8. The molecule has 2 rings (SSSR count). The van der Waals surface area contributed by atoms with Crippen LogP contribution in [0.1, 0.15) is 86.4 Å². The van der Waals surface area contributed by atoms with Gasteiger partial charge in [-0.1, -0.05) is 58.0 Å². The van der Waals surface area contributed by atoms with E-state index in [1.54, 1.807) is 23.1 Å². The molecule has 0 saturated carbocycles. The Labute approximate surface area is 224 Å². The van der Waals surface area contributed by atoms with Crippen molar-refractivity contribution in [1.82, 2.24) is 15.1 Å². The van der Waals surface area contributed by atoms with Crippen LogP contribution in [0.2, 0.25) is 0 Å². The first-order chi connectivity index (χ1) is 17.6. The van der Waals surface area contributed by atoms with Crippen molar-refractivity contribution in [2.45, 2.75) is 67.0 Å². The van der Waals surface area contributed by atoms with Gasteiger partial charge in [0, 0.05) is 49.9 Å². The van der Waals surface area contributed by atoms with Gasteiger partial charge in [-0.2, -0.15) is 0 Å². The topological polar surface area (TPSA) is 72.9 Å². The van der Waals surface area contributed by atoms with E-state index >= 15 is 0 Å². The number of nitrogens with zero attached hydrogens (tertiary/aromatic N) is 2. The second kappa shape index (κ2) is 14.9. The zero-order valence-corrected chi connectivity index (χ0v) is 23.8. The standard InChI is InChI=1S/C31H47N3O3/c1-8-33(20-22(3)4)30(36)26-15-16-27(31(37)34(9-2)21-23(5)6)28(18-26)29(35)19-32-24(7)17-25-13-11-10-12-14-25/h10-16,18,22-24,29,32,35H,8-9,17,19-21H2,1-7H3. The molecule has 0 bridgehead atoms. The van der Waals surface area contributed by atoms with Gasteiger partial charge in [-0.25, -0.2) is 0 Å². The summed E-state index contributed by atoms with van der Waals surface area (Å²) in [5.41, 5.74) is 2.67. The second-order valence-electron chi connectivity index (χ2n) is 10.8. The Morgan fingerprint density at radius 3 is 1.95 bits per heavy atom. The fourth-order valence-electron chi connectivity index (χ4n) is 4.57. The SMILES string of the molecule is CCN(CC(C)C)C(=O)c1ccc(C(=O)N(CC)CC(C)C)c(C(O)CNC(C)Cc2ccccc2)c1. The molecule has 0 aromatic heterocycles. The summed E-state index contributed by atoms with van der Waals surface area (Å²) in [7, 11) is 0. The van der Waals surface area contributed by atoms with Crippen LogP contribution in [0.5, 0.6) is 0 Å². The minimum absolute atomic E-state index is 0.0800. The molecule has 0 aliphatic carbocycles. The van der Waals surface area contributed by atoms with Crippen LogP contribution in [0.4, 0.5) is 0 Å². The van der Waals surface area contributed by atoms with Crippen molar-refractivity contribution in [3.8, 4) is 0 Å². The van der Waals surface area contributed by atoms with E-state index in [9.17, 15) is 14.7 Å². The molecule has 2 aromatic rings. The smallest absolute Gasteiger partial charge is 0.254 e. The summed E-state index contributed by atoms with van der Waals surface area (Å²) in [4.78, 5) is 30.5. The molecular formula is C31H47N3O3. The Bertz CT molecular complexity index is 990. The first kappa shape index (κ1) is 30.5. The van der Waals surface area contributed by atoms with Crippen molar-refractivity contribution in [3.63, 3.8) is 0 Å². The monoisotopic (exact) mass is 509 g/mol. The van der Waals surface area contributed by atoms with Crippen LogP contribution in [0.3, 0.4) is 0 Å². The molecule has 2 N–H and O–H groups in total. The van der Waals surface area contributed by atoms with Crippen LogP contribution in [-0.2, 0) is 6.42 Å². The number of hydrogen-bond acceptors (Lipinski definition) is 4. The van der Waals surface area contributed by atoms with Gasteiger partial charge in [-0.05, 0) is 68.4 Å². The molecule has 6 heteroatoms. The third kappa shape index (κ3) is 9.28. The summed E-state index contributed by atoms with van der Waals surface area (Å²) in [5, 5.41) is 14.7. The molecule has 6 nitrogen and oxygen atoms in total. The Balaban J connectivity index is 2.33. The number of amides is 2. The Morgan fingerprint density at radius 2 is 1.41 bits per heavy atom. The Hall–Kier alpha value is -2.70. The van der Waals surface area contributed by atoms with Gasteiger partial charge >= 0.3 is 0 Å². The lowest BCUT2D eigenvalue weighted by Crippen LogP contribution is -2.37. The van der Waals surface area contributed by atoms with E-state index in [0.717, 1.165) is 6.42 Å². The highest BCUT2D eigenvalue weighted by Crippen LogP contribution is 2.23. The maximum atomic E-state index is 13.5. The minimum atomic E-state index is -0.928. The molecular weight excluding hydrogens is 462 g/mol. The molecule has 0 heterocycles. The molecule has 2 aromatic carbocycles. The molecule has 0 spiro atoms. The van der Waals surface area contributed by atoms with Gasteiger partial charge in [0.2, 0.25) is 0 Å². The number of rotatable bonds is 14. The average Bonchev–Trinajstić information content (AvgIpc) is 2.88. The molecule has 0 radical (unpaired) electrons. The number of carbonyl (C=O) groups excluding carboxylic acids is 2. The summed E-state index contributed by atoms with van der Waals surface area (Å²) in [6.07, 6.45) is -0.0980. The van der Waals surface area contributed by atoms with Gasteiger partial charge in [0.05, 0.1) is 6.10 Å². The lowest BCUT2D eigenvalue weighted by Gasteiger charge is -2.27. The zero-order valence-electron chi connectivity index (χ0n) is 23.8. The van der Waals surface area contributed by atoms with E-state index in [4.69, 9.17) is 0 Å². The number of carbonyl (C=O) groups is 2. The maximum absolute atomic E-state index is 13.5. The van der Waals surface area contributed by atoms with Gasteiger partial charge < -0.3 is 20.2 Å². The predicted molar refractivity (Wildman–Crippen MR) is 152 cm³/mol. The van der Waals surface area contributed by atoms with Gasteiger partial charge in [-0.3, -0.25) is 9.59 Å². The van der Waals surface area contributed by atoms with Crippen LogP contribution in [0.15, 0.2) is 48.5 Å². The third-order valence-electron chi connectivity index (χ3n) is 6.44. The molecule has 0 saturated heterocycles. The quantitative estimate of drug-likeness (QED) is 0.368. The minimum Gasteiger partial charge on any atom is -0.387 e. The first-order valence-electron chi connectivity index (χ1n) is 13.7. The van der Waals surface area contributed by atoms with Crippen LogP contribution in [0.25, 0.3) is 0 Å². The number of hydrogen-bond donors (Lipinski definition) is 2. The maximum Gasteiger partial charge on any atom is 0.254 e. The Kier molecular flexibility index (Phi) is 12.3. The largest absolute Gasteiger partial charge is 0.387 e. The number of aliphatic hydroxyl groups excluding tert-OH is 1. The molecule has 2 atom stereocenters. The lowest BCUT2D eigenvalue weighted by molar-refractivity contribution is 0.0728. The summed E-state index contributed by atoms with van der Waals surface area (Å²) >= 11 is 0.